The van der Waals surface area contributed by atoms with E-state index < -0.39 is 0 Å². The van der Waals surface area contributed by atoms with Crippen molar-refractivity contribution >= 4 is 5.91 Å². The molecule has 0 saturated heterocycles. The predicted octanol–water partition coefficient (Wildman–Crippen LogP) is 2.28. The summed E-state index contributed by atoms with van der Waals surface area (Å²) in [5.41, 5.74) is 1.00. The molecule has 0 bridgehead atoms. The average Bonchev–Trinajstić information content (AvgIpc) is 2.28. The summed E-state index contributed by atoms with van der Waals surface area (Å²) < 4.78 is 5.23. The average molecular weight is 207 g/mol. The van der Waals surface area contributed by atoms with Crippen LogP contribution in [-0.2, 0) is 4.79 Å². The Labute approximate surface area is 90.4 Å². The first-order valence-electron chi connectivity index (χ1n) is 5.11. The molecule has 0 aliphatic carbocycles. The second-order valence-corrected chi connectivity index (χ2v) is 3.38. The Morgan fingerprint density at radius 2 is 2.13 bits per heavy atom. The molecular formula is C12H17NO2. The van der Waals surface area contributed by atoms with E-state index in [1.807, 2.05) is 38.1 Å². The first kappa shape index (κ1) is 11.6. The van der Waals surface area contributed by atoms with E-state index in [0.717, 1.165) is 11.3 Å². The number of hydrogen-bond acceptors (Lipinski definition) is 2. The Morgan fingerprint density at radius 3 is 2.73 bits per heavy atom. The quantitative estimate of drug-likeness (QED) is 0.822. The van der Waals surface area contributed by atoms with Gasteiger partial charge >= 0.3 is 0 Å². The van der Waals surface area contributed by atoms with Crippen molar-refractivity contribution in [2.75, 3.05) is 7.11 Å². The smallest absolute Gasteiger partial charge is 0.220 e. The van der Waals surface area contributed by atoms with Gasteiger partial charge in [0.2, 0.25) is 5.91 Å². The molecule has 0 spiro atoms. The lowest BCUT2D eigenvalue weighted by molar-refractivity contribution is -0.121. The lowest BCUT2D eigenvalue weighted by Crippen LogP contribution is -2.25. The standard InChI is InChI=1S/C12H17NO2/c1-4-12(14)13-9(2)10-7-5-6-8-11(10)15-3/h5-9H,4H2,1-3H3,(H,13,14)/t9-/m1/s1. The lowest BCUT2D eigenvalue weighted by Gasteiger charge is -2.16. The van der Waals surface area contributed by atoms with Gasteiger partial charge in [0, 0.05) is 12.0 Å². The number of nitrogens with one attached hydrogen (secondary N) is 1. The van der Waals surface area contributed by atoms with Crippen LogP contribution in [0.3, 0.4) is 0 Å². The van der Waals surface area contributed by atoms with Crippen molar-refractivity contribution in [2.45, 2.75) is 26.3 Å². The van der Waals surface area contributed by atoms with Gasteiger partial charge in [-0.25, -0.2) is 0 Å². The molecule has 3 heteroatoms. The minimum Gasteiger partial charge on any atom is -0.496 e. The topological polar surface area (TPSA) is 38.3 Å². The number of amides is 1. The molecule has 1 rings (SSSR count). The summed E-state index contributed by atoms with van der Waals surface area (Å²) in [6.45, 7) is 3.79. The number of carbonyl (C=O) groups excluding carboxylic acids is 1. The third-order valence-corrected chi connectivity index (χ3v) is 2.30. The zero-order chi connectivity index (χ0) is 11.3. The van der Waals surface area contributed by atoms with Gasteiger partial charge < -0.3 is 10.1 Å². The summed E-state index contributed by atoms with van der Waals surface area (Å²) in [6.07, 6.45) is 0.499. The maximum absolute atomic E-state index is 11.2. The highest BCUT2D eigenvalue weighted by atomic mass is 16.5. The number of benzene rings is 1. The molecule has 0 saturated carbocycles. The molecule has 1 aromatic rings. The molecule has 82 valence electrons. The van der Waals surface area contributed by atoms with E-state index in [9.17, 15) is 4.79 Å². The zero-order valence-electron chi connectivity index (χ0n) is 9.41. The highest BCUT2D eigenvalue weighted by Crippen LogP contribution is 2.24. The fourth-order valence-corrected chi connectivity index (χ4v) is 1.45. The van der Waals surface area contributed by atoms with Gasteiger partial charge in [0.1, 0.15) is 5.75 Å². The Bertz CT molecular complexity index is 336. The second kappa shape index (κ2) is 5.39. The molecule has 0 unspecified atom stereocenters. The molecule has 1 aromatic carbocycles. The molecule has 0 aliphatic rings. The summed E-state index contributed by atoms with van der Waals surface area (Å²) >= 11 is 0. The van der Waals surface area contributed by atoms with E-state index in [-0.39, 0.29) is 11.9 Å². The van der Waals surface area contributed by atoms with Gasteiger partial charge in [-0.1, -0.05) is 25.1 Å². The van der Waals surface area contributed by atoms with E-state index >= 15 is 0 Å². The molecule has 0 aliphatic heterocycles. The highest BCUT2D eigenvalue weighted by Gasteiger charge is 2.11. The SMILES string of the molecule is CCC(=O)N[C@H](C)c1ccccc1OC. The van der Waals surface area contributed by atoms with Crippen LogP contribution in [0.1, 0.15) is 31.9 Å². The minimum atomic E-state index is -0.0198. The number of methoxy groups -OCH3 is 1. The first-order chi connectivity index (χ1) is 7.19. The molecule has 0 aromatic heterocycles. The van der Waals surface area contributed by atoms with Crippen LogP contribution < -0.4 is 10.1 Å². The van der Waals surface area contributed by atoms with Gasteiger partial charge in [-0.05, 0) is 13.0 Å². The Kier molecular flexibility index (Phi) is 4.16. The van der Waals surface area contributed by atoms with Crippen molar-refractivity contribution in [3.63, 3.8) is 0 Å². The van der Waals surface area contributed by atoms with Crippen LogP contribution in [0.4, 0.5) is 0 Å². The molecule has 1 atom stereocenters. The van der Waals surface area contributed by atoms with Crippen LogP contribution in [0.25, 0.3) is 0 Å². The largest absolute Gasteiger partial charge is 0.496 e. The summed E-state index contributed by atoms with van der Waals surface area (Å²) in [5, 5.41) is 2.90. The van der Waals surface area contributed by atoms with Crippen molar-refractivity contribution < 1.29 is 9.53 Å². The third-order valence-electron chi connectivity index (χ3n) is 2.30. The molecule has 3 nitrogen and oxygen atoms in total. The Balaban J connectivity index is 2.80. The van der Waals surface area contributed by atoms with Crippen molar-refractivity contribution in [1.29, 1.82) is 0 Å². The monoisotopic (exact) mass is 207 g/mol. The van der Waals surface area contributed by atoms with Crippen LogP contribution in [0.2, 0.25) is 0 Å². The normalized spacial score (nSPS) is 11.9. The van der Waals surface area contributed by atoms with E-state index in [0.29, 0.717) is 6.42 Å². The fourth-order valence-electron chi connectivity index (χ4n) is 1.45. The van der Waals surface area contributed by atoms with Crippen molar-refractivity contribution in [2.24, 2.45) is 0 Å². The second-order valence-electron chi connectivity index (χ2n) is 3.38. The Morgan fingerprint density at radius 1 is 1.47 bits per heavy atom. The number of hydrogen-bond donors (Lipinski definition) is 1. The molecule has 15 heavy (non-hydrogen) atoms. The van der Waals surface area contributed by atoms with Gasteiger partial charge in [0.05, 0.1) is 13.2 Å². The van der Waals surface area contributed by atoms with Gasteiger partial charge in [0.25, 0.3) is 0 Å². The highest BCUT2D eigenvalue weighted by molar-refractivity contribution is 5.76. The molecule has 0 fully saturated rings. The number of rotatable bonds is 4. The predicted molar refractivity (Wildman–Crippen MR) is 59.8 cm³/mol. The van der Waals surface area contributed by atoms with E-state index in [1.54, 1.807) is 7.11 Å². The van der Waals surface area contributed by atoms with E-state index in [4.69, 9.17) is 4.74 Å². The lowest BCUT2D eigenvalue weighted by atomic mass is 10.1. The first-order valence-corrected chi connectivity index (χ1v) is 5.11. The fraction of sp³-hybridized carbons (Fsp3) is 0.417. The Hall–Kier alpha value is -1.51. The number of carbonyl (C=O) groups is 1. The van der Waals surface area contributed by atoms with E-state index in [1.165, 1.54) is 0 Å². The van der Waals surface area contributed by atoms with Crippen LogP contribution >= 0.6 is 0 Å². The van der Waals surface area contributed by atoms with Crippen molar-refractivity contribution in [1.82, 2.24) is 5.32 Å². The van der Waals surface area contributed by atoms with Gasteiger partial charge in [0.15, 0.2) is 0 Å². The van der Waals surface area contributed by atoms with Crippen LogP contribution in [-0.4, -0.2) is 13.0 Å². The molecular weight excluding hydrogens is 190 g/mol. The zero-order valence-corrected chi connectivity index (χ0v) is 9.41. The maximum atomic E-state index is 11.2. The number of ether oxygens (including phenoxy) is 1. The van der Waals surface area contributed by atoms with Gasteiger partial charge in [-0.15, -0.1) is 0 Å². The molecule has 1 N–H and O–H groups in total. The number of para-hydroxylation sites is 1. The molecule has 1 amide bonds. The van der Waals surface area contributed by atoms with Crippen LogP contribution in [0, 0.1) is 0 Å². The summed E-state index contributed by atoms with van der Waals surface area (Å²) in [7, 11) is 1.63. The van der Waals surface area contributed by atoms with Crippen LogP contribution in [0.5, 0.6) is 5.75 Å². The van der Waals surface area contributed by atoms with Crippen molar-refractivity contribution in [3.05, 3.63) is 29.8 Å². The summed E-state index contributed by atoms with van der Waals surface area (Å²) in [4.78, 5) is 11.2. The third kappa shape index (κ3) is 2.98. The summed E-state index contributed by atoms with van der Waals surface area (Å²) in [6, 6.07) is 7.68. The van der Waals surface area contributed by atoms with Gasteiger partial charge in [-0.2, -0.15) is 0 Å². The van der Waals surface area contributed by atoms with E-state index in [2.05, 4.69) is 5.32 Å². The molecule has 0 heterocycles. The minimum absolute atomic E-state index is 0.0198. The van der Waals surface area contributed by atoms with Crippen LogP contribution in [0.15, 0.2) is 24.3 Å². The summed E-state index contributed by atoms with van der Waals surface area (Å²) in [5.74, 6) is 0.856. The maximum Gasteiger partial charge on any atom is 0.220 e. The molecule has 0 radical (unpaired) electrons. The van der Waals surface area contributed by atoms with Gasteiger partial charge in [-0.3, -0.25) is 4.79 Å². The van der Waals surface area contributed by atoms with Crippen molar-refractivity contribution in [3.8, 4) is 5.75 Å².